The van der Waals surface area contributed by atoms with Crippen molar-refractivity contribution in [2.45, 2.75) is 52.6 Å². The molecule has 5 nitrogen and oxygen atoms in total. The van der Waals surface area contributed by atoms with Crippen molar-refractivity contribution in [1.29, 1.82) is 0 Å². The van der Waals surface area contributed by atoms with E-state index in [4.69, 9.17) is 5.73 Å². The highest BCUT2D eigenvalue weighted by Gasteiger charge is 2.16. The van der Waals surface area contributed by atoms with Crippen LogP contribution >= 0.6 is 0 Å². The third-order valence-electron chi connectivity index (χ3n) is 3.26. The molecule has 0 saturated carbocycles. The Balaban J connectivity index is 3.55. The average molecular weight is 239 g/mol. The van der Waals surface area contributed by atoms with Crippen molar-refractivity contribution < 1.29 is 0 Å². The Morgan fingerprint density at radius 2 is 1.59 bits per heavy atom. The zero-order valence-electron chi connectivity index (χ0n) is 10.9. The molecule has 0 aliphatic heterocycles. The van der Waals surface area contributed by atoms with Crippen molar-refractivity contribution in [3.8, 4) is 0 Å². The highest BCUT2D eigenvalue weighted by molar-refractivity contribution is 5.27. The van der Waals surface area contributed by atoms with Gasteiger partial charge in [-0.2, -0.15) is 0 Å². The lowest BCUT2D eigenvalue weighted by Crippen LogP contribution is -2.42. The second-order valence-corrected chi connectivity index (χ2v) is 4.44. The van der Waals surface area contributed by atoms with Gasteiger partial charge in [0.05, 0.1) is 0 Å². The summed E-state index contributed by atoms with van der Waals surface area (Å²) in [5.41, 5.74) is 5.13. The van der Waals surface area contributed by atoms with Crippen molar-refractivity contribution in [2.24, 2.45) is 0 Å². The second kappa shape index (κ2) is 5.21. The SMILES string of the molecule is CCC(C)n1c(N)cc(=O)n(C(C)CC)c1=O. The van der Waals surface area contributed by atoms with Crippen molar-refractivity contribution in [2.75, 3.05) is 5.73 Å². The predicted octanol–water partition coefficient (Wildman–Crippen LogP) is 1.53. The molecule has 0 saturated heterocycles. The predicted molar refractivity (Wildman–Crippen MR) is 69.4 cm³/mol. The molecular weight excluding hydrogens is 218 g/mol. The van der Waals surface area contributed by atoms with E-state index in [1.54, 1.807) is 0 Å². The lowest BCUT2D eigenvalue weighted by molar-refractivity contribution is 0.431. The first-order valence-corrected chi connectivity index (χ1v) is 6.07. The maximum absolute atomic E-state index is 12.3. The molecule has 0 aliphatic carbocycles. The van der Waals surface area contributed by atoms with Crippen LogP contribution in [-0.4, -0.2) is 9.13 Å². The molecule has 0 bridgehead atoms. The first-order chi connectivity index (χ1) is 7.93. The van der Waals surface area contributed by atoms with E-state index in [-0.39, 0.29) is 29.2 Å². The molecule has 2 N–H and O–H groups in total. The van der Waals surface area contributed by atoms with Crippen LogP contribution in [0.2, 0.25) is 0 Å². The van der Waals surface area contributed by atoms with Crippen LogP contribution in [0.25, 0.3) is 0 Å². The number of hydrogen-bond donors (Lipinski definition) is 1. The number of anilines is 1. The lowest BCUT2D eigenvalue weighted by Gasteiger charge is -2.20. The normalized spacial score (nSPS) is 14.6. The average Bonchev–Trinajstić information content (AvgIpc) is 2.27. The molecule has 2 atom stereocenters. The summed E-state index contributed by atoms with van der Waals surface area (Å²) >= 11 is 0. The summed E-state index contributed by atoms with van der Waals surface area (Å²) in [4.78, 5) is 24.1. The number of aromatic nitrogens is 2. The number of rotatable bonds is 4. The molecule has 0 radical (unpaired) electrons. The fraction of sp³-hybridized carbons (Fsp3) is 0.667. The molecule has 96 valence electrons. The summed E-state index contributed by atoms with van der Waals surface area (Å²) in [5.74, 6) is 0.244. The van der Waals surface area contributed by atoms with Crippen LogP contribution in [0.4, 0.5) is 5.82 Å². The molecule has 1 aromatic rings. The smallest absolute Gasteiger partial charge is 0.333 e. The Bertz CT molecular complexity index is 501. The molecule has 0 fully saturated rings. The second-order valence-electron chi connectivity index (χ2n) is 4.44. The quantitative estimate of drug-likeness (QED) is 0.866. The highest BCUT2D eigenvalue weighted by Crippen LogP contribution is 2.12. The van der Waals surface area contributed by atoms with Gasteiger partial charge in [-0.15, -0.1) is 0 Å². The van der Waals surface area contributed by atoms with Gasteiger partial charge in [0.2, 0.25) is 0 Å². The first-order valence-electron chi connectivity index (χ1n) is 6.07. The van der Waals surface area contributed by atoms with Crippen molar-refractivity contribution in [3.05, 3.63) is 26.9 Å². The van der Waals surface area contributed by atoms with Crippen LogP contribution in [0.5, 0.6) is 0 Å². The summed E-state index contributed by atoms with van der Waals surface area (Å²) in [5, 5.41) is 0. The van der Waals surface area contributed by atoms with Gasteiger partial charge in [0.15, 0.2) is 0 Å². The minimum atomic E-state index is -0.318. The molecule has 1 rings (SSSR count). The maximum Gasteiger partial charge on any atom is 0.333 e. The van der Waals surface area contributed by atoms with Crippen LogP contribution in [0, 0.1) is 0 Å². The van der Waals surface area contributed by atoms with Crippen LogP contribution in [0.3, 0.4) is 0 Å². The van der Waals surface area contributed by atoms with Gasteiger partial charge in [-0.25, -0.2) is 4.79 Å². The molecule has 5 heteroatoms. The van der Waals surface area contributed by atoms with Gasteiger partial charge in [-0.1, -0.05) is 13.8 Å². The van der Waals surface area contributed by atoms with Crippen LogP contribution < -0.4 is 17.0 Å². The third-order valence-corrected chi connectivity index (χ3v) is 3.26. The van der Waals surface area contributed by atoms with Gasteiger partial charge in [0.25, 0.3) is 5.56 Å². The highest BCUT2D eigenvalue weighted by atomic mass is 16.2. The van der Waals surface area contributed by atoms with E-state index >= 15 is 0 Å². The number of hydrogen-bond acceptors (Lipinski definition) is 3. The van der Waals surface area contributed by atoms with E-state index in [2.05, 4.69) is 0 Å². The van der Waals surface area contributed by atoms with Gasteiger partial charge in [-0.3, -0.25) is 13.9 Å². The van der Waals surface area contributed by atoms with E-state index < -0.39 is 0 Å². The van der Waals surface area contributed by atoms with Crippen molar-refractivity contribution >= 4 is 5.82 Å². The molecule has 0 aromatic carbocycles. The summed E-state index contributed by atoms with van der Waals surface area (Å²) in [6.07, 6.45) is 1.53. The minimum Gasteiger partial charge on any atom is -0.385 e. The summed E-state index contributed by atoms with van der Waals surface area (Å²) in [7, 11) is 0. The fourth-order valence-electron chi connectivity index (χ4n) is 1.80. The van der Waals surface area contributed by atoms with Crippen molar-refractivity contribution in [1.82, 2.24) is 9.13 Å². The van der Waals surface area contributed by atoms with E-state index in [1.807, 2.05) is 27.7 Å². The molecule has 1 heterocycles. The summed E-state index contributed by atoms with van der Waals surface area (Å²) < 4.78 is 2.77. The molecular formula is C12H21N3O2. The van der Waals surface area contributed by atoms with E-state index in [0.29, 0.717) is 0 Å². The number of nitrogens with zero attached hydrogens (tertiary/aromatic N) is 2. The van der Waals surface area contributed by atoms with Gasteiger partial charge < -0.3 is 5.73 Å². The Kier molecular flexibility index (Phi) is 4.15. The summed E-state index contributed by atoms with van der Waals surface area (Å²) in [6, 6.07) is 1.23. The Labute approximate surface area is 101 Å². The fourth-order valence-corrected chi connectivity index (χ4v) is 1.80. The van der Waals surface area contributed by atoms with Gasteiger partial charge in [0, 0.05) is 18.2 Å². The maximum atomic E-state index is 12.3. The zero-order valence-corrected chi connectivity index (χ0v) is 10.9. The Hall–Kier alpha value is -1.52. The van der Waals surface area contributed by atoms with Crippen LogP contribution in [0.15, 0.2) is 15.7 Å². The topological polar surface area (TPSA) is 70.0 Å². The Morgan fingerprint density at radius 3 is 2.06 bits per heavy atom. The largest absolute Gasteiger partial charge is 0.385 e. The molecule has 0 spiro atoms. The Morgan fingerprint density at radius 1 is 1.12 bits per heavy atom. The summed E-state index contributed by atoms with van der Waals surface area (Å²) in [6.45, 7) is 7.71. The van der Waals surface area contributed by atoms with Gasteiger partial charge >= 0.3 is 5.69 Å². The molecule has 2 unspecified atom stereocenters. The first kappa shape index (κ1) is 13.5. The molecule has 0 aliphatic rings. The zero-order chi connectivity index (χ0) is 13.2. The number of nitrogens with two attached hydrogens (primary N) is 1. The van der Waals surface area contributed by atoms with E-state index in [1.165, 1.54) is 15.2 Å². The molecule has 1 aromatic heterocycles. The third kappa shape index (κ3) is 2.43. The van der Waals surface area contributed by atoms with Crippen LogP contribution in [0.1, 0.15) is 52.6 Å². The molecule has 17 heavy (non-hydrogen) atoms. The molecule has 0 amide bonds. The van der Waals surface area contributed by atoms with Crippen molar-refractivity contribution in [3.63, 3.8) is 0 Å². The number of nitrogen functional groups attached to an aromatic ring is 1. The monoisotopic (exact) mass is 239 g/mol. The van der Waals surface area contributed by atoms with Gasteiger partial charge in [0.1, 0.15) is 5.82 Å². The standard InChI is InChI=1S/C12H21N3O2/c1-5-8(3)14-10(13)7-11(16)15(12(14)17)9(4)6-2/h7-9H,5-6,13H2,1-4H3. The van der Waals surface area contributed by atoms with Gasteiger partial charge in [-0.05, 0) is 26.7 Å². The van der Waals surface area contributed by atoms with E-state index in [9.17, 15) is 9.59 Å². The lowest BCUT2D eigenvalue weighted by atomic mass is 10.2. The minimum absolute atomic E-state index is 0.00148. The van der Waals surface area contributed by atoms with Crippen LogP contribution in [-0.2, 0) is 0 Å². The van der Waals surface area contributed by atoms with E-state index in [0.717, 1.165) is 12.8 Å².